The Kier molecular flexibility index (Phi) is 23.1. The number of carbonyl (C=O) groups is 5. The summed E-state index contributed by atoms with van der Waals surface area (Å²) in [6.45, 7) is 24.7. The molecule has 91 heavy (non-hydrogen) atoms. The van der Waals surface area contributed by atoms with Gasteiger partial charge in [-0.2, -0.15) is 8.78 Å². The van der Waals surface area contributed by atoms with Crippen molar-refractivity contribution < 1.29 is 74.1 Å². The zero-order valence-electron chi connectivity index (χ0n) is 55.2. The highest BCUT2D eigenvalue weighted by Crippen LogP contribution is 2.71. The van der Waals surface area contributed by atoms with Crippen molar-refractivity contribution in [3.63, 3.8) is 0 Å². The van der Waals surface area contributed by atoms with E-state index in [9.17, 15) is 50.5 Å². The van der Waals surface area contributed by atoms with Crippen molar-refractivity contribution in [2.24, 2.45) is 63.1 Å². The van der Waals surface area contributed by atoms with Gasteiger partial charge in [-0.3, -0.25) is 33.8 Å². The number of hydrogen-bond acceptors (Lipinski definition) is 16. The number of aromatic nitrogens is 2. The molecule has 0 amide bonds. The molecule has 4 aromatic rings. The number of nitrogens with one attached hydrogen (secondary N) is 1. The van der Waals surface area contributed by atoms with Crippen LogP contribution in [0, 0.1) is 63.1 Å². The summed E-state index contributed by atoms with van der Waals surface area (Å²) in [6, 6.07) is 33.3. The molecule has 13 atom stereocenters. The minimum Gasteiger partial charge on any atom is -0.743 e. The summed E-state index contributed by atoms with van der Waals surface area (Å²) in [4.78, 5) is 80.4. The van der Waals surface area contributed by atoms with Crippen LogP contribution in [-0.2, 0) is 68.7 Å². The van der Waals surface area contributed by atoms with Crippen LogP contribution in [0.25, 0.3) is 0 Å². The summed E-state index contributed by atoms with van der Waals surface area (Å²) in [6.07, 6.45) is 8.88. The molecule has 4 heterocycles. The van der Waals surface area contributed by atoms with Crippen molar-refractivity contribution in [1.82, 2.24) is 9.97 Å². The van der Waals surface area contributed by atoms with E-state index in [4.69, 9.17) is 23.7 Å². The van der Waals surface area contributed by atoms with Crippen LogP contribution in [0.3, 0.4) is 0 Å². The van der Waals surface area contributed by atoms with E-state index in [2.05, 4.69) is 120 Å². The summed E-state index contributed by atoms with van der Waals surface area (Å²) in [5, 5.41) is -4.63. The first-order valence-corrected chi connectivity index (χ1v) is 34.8. The molecule has 11 rings (SSSR count). The van der Waals surface area contributed by atoms with Gasteiger partial charge in [-0.25, -0.2) is 13.4 Å². The Balaban J connectivity index is 0.000000163. The van der Waals surface area contributed by atoms with Crippen molar-refractivity contribution in [2.45, 2.75) is 224 Å². The highest BCUT2D eigenvalue weighted by Gasteiger charge is 2.68. The van der Waals surface area contributed by atoms with E-state index in [-0.39, 0.29) is 69.5 Å². The lowest BCUT2D eigenvalue weighted by molar-refractivity contribution is -0.183. The van der Waals surface area contributed by atoms with E-state index >= 15 is 0 Å². The molecule has 1 aromatic heterocycles. The Morgan fingerprint density at radius 1 is 0.670 bits per heavy atom. The molecule has 500 valence electrons. The fraction of sp³-hybridized carbons (Fsp3) is 0.614. The first-order chi connectivity index (χ1) is 42.6. The van der Waals surface area contributed by atoms with Crippen molar-refractivity contribution in [1.29, 1.82) is 0 Å². The lowest BCUT2D eigenvalue weighted by Crippen LogP contribution is -2.49. The molecule has 3 saturated heterocycles. The number of esters is 5. The van der Waals surface area contributed by atoms with Gasteiger partial charge in [-0.05, 0) is 199 Å². The second-order valence-corrected chi connectivity index (χ2v) is 31.2. The second kappa shape index (κ2) is 29.1. The monoisotopic (exact) mass is 1300 g/mol. The quantitative estimate of drug-likeness (QED) is 0.0320. The number of aromatic amines is 1. The number of benzene rings is 3. The Labute approximate surface area is 538 Å². The van der Waals surface area contributed by atoms with E-state index in [0.717, 1.165) is 48.9 Å². The van der Waals surface area contributed by atoms with Crippen LogP contribution in [0.5, 0.6) is 6.01 Å². The Morgan fingerprint density at radius 2 is 1.15 bits per heavy atom. The third-order valence-electron chi connectivity index (χ3n) is 20.4. The number of ether oxygens (including phenoxy) is 6. The van der Waals surface area contributed by atoms with Gasteiger partial charge in [-0.1, -0.05) is 89.2 Å². The maximum atomic E-state index is 13.0. The van der Waals surface area contributed by atoms with Crippen molar-refractivity contribution in [3.05, 3.63) is 114 Å². The molecule has 4 aliphatic carbocycles. The van der Waals surface area contributed by atoms with Crippen LogP contribution in [0.2, 0.25) is 0 Å². The van der Waals surface area contributed by atoms with Gasteiger partial charge < -0.3 is 33.0 Å². The van der Waals surface area contributed by atoms with Gasteiger partial charge in [0, 0.05) is 18.2 Å². The standard InChI is InChI=1S/C20H32O2.C18H15S.C13H18O5.C10H14N2O3.C9H16F2O5S/c1-5-19(3,4)18(21)22-20(6-2)11-14-10-15(20)17-13-8-7-12(9-13)16(14)17;1-4-10-16(11-5-1)19(17-12-6-2-7-13-17)18-14-8-3-9-15-18;1-4-13(2,3)12(15)18-9-7-5-6-8(16-7)10(9)17-11(6)14;1-4-10(2,3)8(14)15-9-11-6-5-7(13)12-9;1-5-8(3,4)7(12)16-6(2)9(10,11)17(13,14)15/h12-17H,5-11H2,1-4H3;1-15H;6-10H,4-5H2,1-3H3;5-6H,4H2,1-3H3,(H,11,12,13);6H,5H2,1-4H3,(H,13,14,15)/q;+1;;;/p-1. The van der Waals surface area contributed by atoms with Gasteiger partial charge in [0.05, 0.1) is 44.6 Å². The summed E-state index contributed by atoms with van der Waals surface area (Å²) in [5.74, 6) is 3.43. The predicted octanol–water partition coefficient (Wildman–Crippen LogP) is 13.2. The number of H-pyrrole nitrogens is 1. The summed E-state index contributed by atoms with van der Waals surface area (Å²) in [5.41, 5.74) is -2.91. The Hall–Kier alpha value is -6.03. The highest BCUT2D eigenvalue weighted by atomic mass is 32.2. The topological polar surface area (TPSA) is 244 Å². The maximum absolute atomic E-state index is 13.0. The van der Waals surface area contributed by atoms with Crippen LogP contribution in [0.1, 0.15) is 168 Å². The third-order valence-corrected chi connectivity index (χ3v) is 23.7. The molecule has 7 fully saturated rings. The lowest BCUT2D eigenvalue weighted by Gasteiger charge is -2.46. The Morgan fingerprint density at radius 3 is 1.64 bits per heavy atom. The van der Waals surface area contributed by atoms with Gasteiger partial charge >= 0.3 is 41.1 Å². The van der Waals surface area contributed by atoms with Crippen LogP contribution >= 0.6 is 0 Å². The van der Waals surface area contributed by atoms with Crippen LogP contribution in [0.4, 0.5) is 8.78 Å². The number of halogens is 2. The number of fused-ring (bicyclic) bond motifs is 10. The molecule has 0 radical (unpaired) electrons. The van der Waals surface area contributed by atoms with E-state index in [0.29, 0.717) is 38.5 Å². The van der Waals surface area contributed by atoms with Crippen LogP contribution in [-0.4, -0.2) is 94.2 Å². The molecule has 3 aromatic carbocycles. The van der Waals surface area contributed by atoms with E-state index in [1.165, 1.54) is 66.5 Å². The minimum absolute atomic E-state index is 0.0146. The number of alkyl halides is 2. The first kappa shape index (κ1) is 72.4. The van der Waals surface area contributed by atoms with Crippen molar-refractivity contribution in [2.75, 3.05) is 0 Å². The molecule has 13 unspecified atom stereocenters. The average Bonchev–Trinajstić information content (AvgIpc) is 1.55. The fourth-order valence-corrected chi connectivity index (χ4v) is 15.7. The molecule has 0 spiro atoms. The highest BCUT2D eigenvalue weighted by molar-refractivity contribution is 7.97. The zero-order valence-corrected chi connectivity index (χ0v) is 56.8. The van der Waals surface area contributed by atoms with Gasteiger partial charge in [0.2, 0.25) is 0 Å². The summed E-state index contributed by atoms with van der Waals surface area (Å²) >= 11 is 0. The van der Waals surface area contributed by atoms with Gasteiger partial charge in [0.1, 0.15) is 11.7 Å². The van der Waals surface area contributed by atoms with Crippen molar-refractivity contribution in [3.8, 4) is 6.01 Å². The smallest absolute Gasteiger partial charge is 0.369 e. The molecule has 4 saturated carbocycles. The largest absolute Gasteiger partial charge is 0.743 e. The molecule has 3 aliphatic heterocycles. The SMILES string of the molecule is CCC(C)(C)C(=O)OC(C)C(F)(F)S(=O)(=O)[O-].CCC(C)(C)C(=O)OC1(CC)CC2CC1C1C3CCC(C3)C21.CCC(C)(C)C(=O)OC1C2CC3C(=O)OC1C3O2.CCC(C)(C)C(=O)Oc1nccc(=O)[nH]1.c1ccc([S+](c2ccccc2)c2ccccc2)cc1. The van der Waals surface area contributed by atoms with E-state index in [1.807, 2.05) is 41.5 Å². The Bertz CT molecular complexity index is 3230. The number of rotatable bonds is 18. The molecule has 21 heteroatoms. The molecule has 7 aliphatic rings. The summed E-state index contributed by atoms with van der Waals surface area (Å²) < 4.78 is 88.9. The third kappa shape index (κ3) is 16.1. The zero-order chi connectivity index (χ0) is 67.2. The van der Waals surface area contributed by atoms with Crippen LogP contribution < -0.4 is 10.3 Å². The number of nitrogens with zero attached hydrogens (tertiary/aromatic N) is 1. The van der Waals surface area contributed by atoms with E-state index in [1.54, 1.807) is 20.8 Å². The molecule has 17 nitrogen and oxygen atoms in total. The summed E-state index contributed by atoms with van der Waals surface area (Å²) in [7, 11) is -5.87. The second-order valence-electron chi connectivity index (χ2n) is 27.7. The lowest BCUT2D eigenvalue weighted by atomic mass is 9.65. The molecule has 6 bridgehead atoms. The minimum atomic E-state index is -5.86. The first-order valence-electron chi connectivity index (χ1n) is 32.1. The maximum Gasteiger partial charge on any atom is 0.369 e. The molecule has 1 N–H and O–H groups in total. The normalized spacial score (nSPS) is 26.8. The molecular weight excluding hydrogens is 1210 g/mol. The van der Waals surface area contributed by atoms with Crippen molar-refractivity contribution >= 4 is 50.9 Å². The van der Waals surface area contributed by atoms with Gasteiger partial charge in [0.25, 0.3) is 5.56 Å². The number of carbonyl (C=O) groups excluding carboxylic acids is 5. The number of hydrogen-bond donors (Lipinski definition) is 1. The van der Waals surface area contributed by atoms with Gasteiger partial charge in [-0.15, -0.1) is 0 Å². The average molecular weight is 1310 g/mol. The van der Waals surface area contributed by atoms with E-state index < -0.39 is 61.9 Å². The van der Waals surface area contributed by atoms with Gasteiger partial charge in [0.15, 0.2) is 43.1 Å². The predicted molar refractivity (Wildman–Crippen MR) is 338 cm³/mol. The molecular formula is C70H94F2N2O15S2. The fourth-order valence-electron chi connectivity index (χ4n) is 13.2. The van der Waals surface area contributed by atoms with Crippen LogP contribution in [0.15, 0.2) is 123 Å².